The van der Waals surface area contributed by atoms with Gasteiger partial charge in [0.2, 0.25) is 0 Å². The second-order valence-corrected chi connectivity index (χ2v) is 6.35. The lowest BCUT2D eigenvalue weighted by Crippen LogP contribution is -2.09. The molecule has 0 spiro atoms. The van der Waals surface area contributed by atoms with Crippen LogP contribution in [-0.4, -0.2) is 34.1 Å². The highest BCUT2D eigenvalue weighted by Crippen LogP contribution is 2.21. The fourth-order valence-corrected chi connectivity index (χ4v) is 2.22. The number of ether oxygens (including phenoxy) is 1. The van der Waals surface area contributed by atoms with E-state index in [0.717, 1.165) is 17.0 Å². The molecule has 0 radical (unpaired) electrons. The van der Waals surface area contributed by atoms with Crippen molar-refractivity contribution in [3.05, 3.63) is 23.8 Å². The van der Waals surface area contributed by atoms with Gasteiger partial charge in [0.1, 0.15) is 15.6 Å². The van der Waals surface area contributed by atoms with Gasteiger partial charge in [0, 0.05) is 18.5 Å². The van der Waals surface area contributed by atoms with Crippen LogP contribution in [0.3, 0.4) is 0 Å². The van der Waals surface area contributed by atoms with Gasteiger partial charge in [-0.05, 0) is 37.1 Å². The van der Waals surface area contributed by atoms with E-state index in [1.165, 1.54) is 6.26 Å². The standard InChI is InChI=1S/C12H19NO3S/c1-10-9-11(5-6-12(10)16-2)13-7-4-8-17(3,14)15/h5-6,9,13H,4,7-8H2,1-3H3. The van der Waals surface area contributed by atoms with Crippen LogP contribution in [0.2, 0.25) is 0 Å². The summed E-state index contributed by atoms with van der Waals surface area (Å²) >= 11 is 0. The summed E-state index contributed by atoms with van der Waals surface area (Å²) in [5.41, 5.74) is 2.04. The highest BCUT2D eigenvalue weighted by atomic mass is 32.2. The number of aryl methyl sites for hydroxylation is 1. The Bertz CT molecular complexity index is 469. The molecule has 0 aliphatic heterocycles. The molecule has 0 aliphatic carbocycles. The van der Waals surface area contributed by atoms with E-state index >= 15 is 0 Å². The molecule has 0 aliphatic rings. The highest BCUT2D eigenvalue weighted by molar-refractivity contribution is 7.90. The Kier molecular flexibility index (Phi) is 4.81. The van der Waals surface area contributed by atoms with Crippen LogP contribution in [0.5, 0.6) is 5.75 Å². The molecule has 1 aromatic rings. The number of methoxy groups -OCH3 is 1. The maximum absolute atomic E-state index is 10.9. The van der Waals surface area contributed by atoms with E-state index in [-0.39, 0.29) is 5.75 Å². The Labute approximate surface area is 103 Å². The molecule has 0 saturated carbocycles. The van der Waals surface area contributed by atoms with Crippen molar-refractivity contribution in [1.82, 2.24) is 0 Å². The smallest absolute Gasteiger partial charge is 0.147 e. The van der Waals surface area contributed by atoms with E-state index in [9.17, 15) is 8.42 Å². The van der Waals surface area contributed by atoms with Gasteiger partial charge in [-0.1, -0.05) is 0 Å². The summed E-state index contributed by atoms with van der Waals surface area (Å²) in [6.45, 7) is 2.62. The Morgan fingerprint density at radius 2 is 2.06 bits per heavy atom. The zero-order valence-electron chi connectivity index (χ0n) is 10.5. The quantitative estimate of drug-likeness (QED) is 0.790. The lowest BCUT2D eigenvalue weighted by molar-refractivity contribution is 0.412. The van der Waals surface area contributed by atoms with Crippen LogP contribution in [0.25, 0.3) is 0 Å². The van der Waals surface area contributed by atoms with Crippen LogP contribution < -0.4 is 10.1 Å². The van der Waals surface area contributed by atoms with Gasteiger partial charge in [-0.3, -0.25) is 0 Å². The second kappa shape index (κ2) is 5.91. The molecule has 5 heteroatoms. The van der Waals surface area contributed by atoms with Crippen molar-refractivity contribution in [2.24, 2.45) is 0 Å². The average molecular weight is 257 g/mol. The van der Waals surface area contributed by atoms with Crippen LogP contribution >= 0.6 is 0 Å². The van der Waals surface area contributed by atoms with Crippen molar-refractivity contribution in [1.29, 1.82) is 0 Å². The summed E-state index contributed by atoms with van der Waals surface area (Å²) < 4.78 is 27.0. The number of rotatable bonds is 6. The predicted octanol–water partition coefficient (Wildman–Crippen LogP) is 1.85. The van der Waals surface area contributed by atoms with Crippen molar-refractivity contribution in [2.75, 3.05) is 31.0 Å². The van der Waals surface area contributed by atoms with Crippen LogP contribution in [0.4, 0.5) is 5.69 Å². The summed E-state index contributed by atoms with van der Waals surface area (Å²) in [4.78, 5) is 0. The number of hydrogen-bond donors (Lipinski definition) is 1. The molecule has 1 rings (SSSR count). The zero-order valence-corrected chi connectivity index (χ0v) is 11.3. The first-order valence-corrected chi connectivity index (χ1v) is 7.54. The molecule has 0 fully saturated rings. The third-order valence-corrected chi connectivity index (χ3v) is 3.45. The summed E-state index contributed by atoms with van der Waals surface area (Å²) in [6.07, 6.45) is 1.87. The monoisotopic (exact) mass is 257 g/mol. The maximum Gasteiger partial charge on any atom is 0.147 e. The van der Waals surface area contributed by atoms with Crippen molar-refractivity contribution < 1.29 is 13.2 Å². The fraction of sp³-hybridized carbons (Fsp3) is 0.500. The van der Waals surface area contributed by atoms with Crippen LogP contribution in [0, 0.1) is 6.92 Å². The van der Waals surface area contributed by atoms with Crippen molar-refractivity contribution in [3.63, 3.8) is 0 Å². The molecule has 0 saturated heterocycles. The van der Waals surface area contributed by atoms with Gasteiger partial charge in [0.05, 0.1) is 12.9 Å². The minimum Gasteiger partial charge on any atom is -0.496 e. The molecule has 4 nitrogen and oxygen atoms in total. The molecule has 1 N–H and O–H groups in total. The van der Waals surface area contributed by atoms with Gasteiger partial charge in [-0.2, -0.15) is 0 Å². The SMILES string of the molecule is COc1ccc(NCCCS(C)(=O)=O)cc1C. The lowest BCUT2D eigenvalue weighted by Gasteiger charge is -2.09. The maximum atomic E-state index is 10.9. The number of hydrogen-bond acceptors (Lipinski definition) is 4. The first-order valence-electron chi connectivity index (χ1n) is 5.48. The Hall–Kier alpha value is -1.23. The minimum absolute atomic E-state index is 0.217. The first kappa shape index (κ1) is 13.8. The highest BCUT2D eigenvalue weighted by Gasteiger charge is 2.02. The summed E-state index contributed by atoms with van der Waals surface area (Å²) in [5, 5.41) is 3.19. The van der Waals surface area contributed by atoms with Crippen LogP contribution in [0.1, 0.15) is 12.0 Å². The lowest BCUT2D eigenvalue weighted by atomic mass is 10.2. The van der Waals surface area contributed by atoms with Crippen LogP contribution in [0.15, 0.2) is 18.2 Å². The Morgan fingerprint density at radius 1 is 1.35 bits per heavy atom. The molecule has 0 aromatic heterocycles. The van der Waals surface area contributed by atoms with E-state index in [4.69, 9.17) is 4.74 Å². The van der Waals surface area contributed by atoms with Gasteiger partial charge >= 0.3 is 0 Å². The molecule has 0 amide bonds. The van der Waals surface area contributed by atoms with Crippen LogP contribution in [-0.2, 0) is 9.84 Å². The van der Waals surface area contributed by atoms with Gasteiger partial charge < -0.3 is 10.1 Å². The summed E-state index contributed by atoms with van der Waals surface area (Å²) in [5.74, 6) is 1.07. The molecule has 0 unspecified atom stereocenters. The van der Waals surface area contributed by atoms with Gasteiger partial charge in [0.15, 0.2) is 0 Å². The summed E-state index contributed by atoms with van der Waals surface area (Å²) in [7, 11) is -1.22. The third-order valence-electron chi connectivity index (χ3n) is 2.42. The largest absolute Gasteiger partial charge is 0.496 e. The molecular formula is C12H19NO3S. The number of nitrogens with one attached hydrogen (secondary N) is 1. The number of sulfone groups is 1. The normalized spacial score (nSPS) is 11.2. The van der Waals surface area contributed by atoms with E-state index in [1.54, 1.807) is 7.11 Å². The first-order chi connectivity index (χ1) is 7.92. The Balaban J connectivity index is 2.45. The average Bonchev–Trinajstić information content (AvgIpc) is 2.23. The fourth-order valence-electron chi connectivity index (χ4n) is 1.56. The number of benzene rings is 1. The molecular weight excluding hydrogens is 238 g/mol. The van der Waals surface area contributed by atoms with Crippen molar-refractivity contribution >= 4 is 15.5 Å². The third kappa shape index (κ3) is 5.08. The summed E-state index contributed by atoms with van der Waals surface area (Å²) in [6, 6.07) is 5.81. The molecule has 0 heterocycles. The molecule has 0 atom stereocenters. The van der Waals surface area contributed by atoms with E-state index < -0.39 is 9.84 Å². The van der Waals surface area contributed by atoms with Crippen molar-refractivity contribution in [2.45, 2.75) is 13.3 Å². The van der Waals surface area contributed by atoms with Gasteiger partial charge in [-0.15, -0.1) is 0 Å². The van der Waals surface area contributed by atoms with E-state index in [0.29, 0.717) is 13.0 Å². The number of anilines is 1. The molecule has 1 aromatic carbocycles. The van der Waals surface area contributed by atoms with E-state index in [1.807, 2.05) is 25.1 Å². The second-order valence-electron chi connectivity index (χ2n) is 4.09. The molecule has 96 valence electrons. The minimum atomic E-state index is -2.86. The zero-order chi connectivity index (χ0) is 12.9. The van der Waals surface area contributed by atoms with Gasteiger partial charge in [0.25, 0.3) is 0 Å². The molecule has 17 heavy (non-hydrogen) atoms. The van der Waals surface area contributed by atoms with Crippen molar-refractivity contribution in [3.8, 4) is 5.75 Å². The predicted molar refractivity (Wildman–Crippen MR) is 70.5 cm³/mol. The topological polar surface area (TPSA) is 55.4 Å². The molecule has 0 bridgehead atoms. The van der Waals surface area contributed by atoms with E-state index in [2.05, 4.69) is 5.32 Å². The van der Waals surface area contributed by atoms with Gasteiger partial charge in [-0.25, -0.2) is 8.42 Å². The Morgan fingerprint density at radius 3 is 2.59 bits per heavy atom.